The highest BCUT2D eigenvalue weighted by Gasteiger charge is 2.42. The second-order valence-corrected chi connectivity index (χ2v) is 5.84. The Morgan fingerprint density at radius 3 is 2.71 bits per heavy atom. The third-order valence-electron chi connectivity index (χ3n) is 3.49. The first kappa shape index (κ1) is 8.72. The first-order valence-electron chi connectivity index (χ1n) is 5.52. The number of rotatable bonds is 3. The molecule has 3 heteroatoms. The molecular weight excluding hydrogens is 192 g/mol. The molecule has 3 rings (SSSR count). The second kappa shape index (κ2) is 3.23. The van der Waals surface area contributed by atoms with Crippen molar-refractivity contribution in [2.24, 2.45) is 11.8 Å². The molecule has 2 aliphatic rings. The molecule has 2 unspecified atom stereocenters. The first-order valence-corrected chi connectivity index (χ1v) is 6.33. The normalized spacial score (nSPS) is 31.2. The molecule has 1 aromatic heterocycles. The molecule has 2 saturated carbocycles. The van der Waals surface area contributed by atoms with E-state index >= 15 is 0 Å². The number of hydrogen-bond acceptors (Lipinski definition) is 3. The summed E-state index contributed by atoms with van der Waals surface area (Å²) >= 11 is 1.78. The molecule has 2 fully saturated rings. The van der Waals surface area contributed by atoms with Gasteiger partial charge in [0.25, 0.3) is 0 Å². The largest absolute Gasteiger partial charge is 0.358 e. The van der Waals surface area contributed by atoms with Crippen LogP contribution < -0.4 is 5.32 Å². The quantitative estimate of drug-likeness (QED) is 0.825. The van der Waals surface area contributed by atoms with Crippen LogP contribution in [0.3, 0.4) is 0 Å². The Morgan fingerprint density at radius 2 is 2.21 bits per heavy atom. The maximum Gasteiger partial charge on any atom is 0.183 e. The number of aryl methyl sites for hydroxylation is 1. The van der Waals surface area contributed by atoms with E-state index in [0.29, 0.717) is 0 Å². The Morgan fingerprint density at radius 1 is 1.36 bits per heavy atom. The summed E-state index contributed by atoms with van der Waals surface area (Å²) in [5, 5.41) is 4.70. The van der Waals surface area contributed by atoms with Crippen molar-refractivity contribution in [1.82, 2.24) is 4.98 Å². The zero-order chi connectivity index (χ0) is 9.54. The summed E-state index contributed by atoms with van der Waals surface area (Å²) in [4.78, 5) is 5.66. The van der Waals surface area contributed by atoms with Crippen LogP contribution in [0.2, 0.25) is 0 Å². The lowest BCUT2D eigenvalue weighted by atomic mass is 9.76. The van der Waals surface area contributed by atoms with Crippen molar-refractivity contribution in [3.8, 4) is 0 Å². The summed E-state index contributed by atoms with van der Waals surface area (Å²) in [5.74, 6) is 2.00. The Bertz CT molecular complexity index is 330. The predicted molar refractivity (Wildman–Crippen MR) is 59.7 cm³/mol. The SMILES string of the molecule is Cc1cnc(NC2CCC2C2CC2)s1. The molecule has 2 atom stereocenters. The maximum absolute atomic E-state index is 4.36. The van der Waals surface area contributed by atoms with Crippen molar-refractivity contribution >= 4 is 16.5 Å². The molecule has 0 amide bonds. The molecule has 2 aliphatic carbocycles. The van der Waals surface area contributed by atoms with Gasteiger partial charge in [-0.25, -0.2) is 4.98 Å². The van der Waals surface area contributed by atoms with E-state index in [1.807, 2.05) is 6.20 Å². The molecule has 0 bridgehead atoms. The van der Waals surface area contributed by atoms with Gasteiger partial charge in [0.2, 0.25) is 0 Å². The number of anilines is 1. The zero-order valence-electron chi connectivity index (χ0n) is 8.49. The van der Waals surface area contributed by atoms with E-state index in [2.05, 4.69) is 17.2 Å². The lowest BCUT2D eigenvalue weighted by molar-refractivity contribution is 0.243. The number of nitrogens with one attached hydrogen (secondary N) is 1. The maximum atomic E-state index is 4.36. The minimum Gasteiger partial charge on any atom is -0.358 e. The van der Waals surface area contributed by atoms with Crippen molar-refractivity contribution < 1.29 is 0 Å². The highest BCUT2D eigenvalue weighted by molar-refractivity contribution is 7.15. The van der Waals surface area contributed by atoms with Crippen molar-refractivity contribution in [1.29, 1.82) is 0 Å². The van der Waals surface area contributed by atoms with Crippen LogP contribution in [-0.2, 0) is 0 Å². The number of thiazole rings is 1. The third kappa shape index (κ3) is 1.54. The Labute approximate surface area is 88.7 Å². The van der Waals surface area contributed by atoms with Gasteiger partial charge in [-0.05, 0) is 44.4 Å². The van der Waals surface area contributed by atoms with E-state index < -0.39 is 0 Å². The lowest BCUT2D eigenvalue weighted by Crippen LogP contribution is -2.39. The van der Waals surface area contributed by atoms with Crippen molar-refractivity contribution in [2.45, 2.75) is 38.6 Å². The summed E-state index contributed by atoms with van der Waals surface area (Å²) in [5.41, 5.74) is 0. The topological polar surface area (TPSA) is 24.9 Å². The fourth-order valence-electron chi connectivity index (χ4n) is 2.37. The third-order valence-corrected chi connectivity index (χ3v) is 4.33. The molecule has 0 aliphatic heterocycles. The van der Waals surface area contributed by atoms with Crippen LogP contribution in [0.5, 0.6) is 0 Å². The van der Waals surface area contributed by atoms with Crippen LogP contribution in [0.4, 0.5) is 5.13 Å². The van der Waals surface area contributed by atoms with E-state index in [1.165, 1.54) is 30.6 Å². The molecule has 2 nitrogen and oxygen atoms in total. The fraction of sp³-hybridized carbons (Fsp3) is 0.727. The van der Waals surface area contributed by atoms with Crippen LogP contribution in [0.25, 0.3) is 0 Å². The van der Waals surface area contributed by atoms with Gasteiger partial charge in [0, 0.05) is 17.1 Å². The Hall–Kier alpha value is -0.570. The summed E-state index contributed by atoms with van der Waals surface area (Å²) in [6.45, 7) is 2.11. The van der Waals surface area contributed by atoms with Crippen molar-refractivity contribution in [2.75, 3.05) is 5.32 Å². The minimum absolute atomic E-state index is 0.730. The highest BCUT2D eigenvalue weighted by Crippen LogP contribution is 2.47. The minimum atomic E-state index is 0.730. The lowest BCUT2D eigenvalue weighted by Gasteiger charge is -2.37. The summed E-state index contributed by atoms with van der Waals surface area (Å²) < 4.78 is 0. The average Bonchev–Trinajstić information content (AvgIpc) is 2.84. The monoisotopic (exact) mass is 208 g/mol. The average molecular weight is 208 g/mol. The van der Waals surface area contributed by atoms with E-state index in [0.717, 1.165) is 23.0 Å². The smallest absolute Gasteiger partial charge is 0.183 e. The highest BCUT2D eigenvalue weighted by atomic mass is 32.1. The molecule has 0 saturated heterocycles. The van der Waals surface area contributed by atoms with Gasteiger partial charge < -0.3 is 5.32 Å². The second-order valence-electron chi connectivity index (χ2n) is 4.61. The van der Waals surface area contributed by atoms with Crippen LogP contribution in [0.15, 0.2) is 6.20 Å². The molecule has 76 valence electrons. The van der Waals surface area contributed by atoms with Gasteiger partial charge in [0.15, 0.2) is 5.13 Å². The Balaban J connectivity index is 1.61. The van der Waals surface area contributed by atoms with Gasteiger partial charge in [-0.1, -0.05) is 0 Å². The molecule has 1 N–H and O–H groups in total. The van der Waals surface area contributed by atoms with E-state index in [4.69, 9.17) is 0 Å². The van der Waals surface area contributed by atoms with Crippen molar-refractivity contribution in [3.05, 3.63) is 11.1 Å². The van der Waals surface area contributed by atoms with Crippen LogP contribution >= 0.6 is 11.3 Å². The van der Waals surface area contributed by atoms with Gasteiger partial charge in [0.1, 0.15) is 0 Å². The van der Waals surface area contributed by atoms with Crippen molar-refractivity contribution in [3.63, 3.8) is 0 Å². The predicted octanol–water partition coefficient (Wildman–Crippen LogP) is 3.05. The molecule has 1 aromatic rings. The summed E-state index contributed by atoms with van der Waals surface area (Å²) in [6, 6.07) is 0.730. The molecule has 0 aromatic carbocycles. The van der Waals surface area contributed by atoms with Gasteiger partial charge in [0.05, 0.1) is 0 Å². The van der Waals surface area contributed by atoms with Gasteiger partial charge in [-0.2, -0.15) is 0 Å². The Kier molecular flexibility index (Phi) is 2.01. The fourth-order valence-corrected chi connectivity index (χ4v) is 3.10. The molecule has 14 heavy (non-hydrogen) atoms. The van der Waals surface area contributed by atoms with Crippen LogP contribution in [-0.4, -0.2) is 11.0 Å². The molecule has 0 radical (unpaired) electrons. The van der Waals surface area contributed by atoms with E-state index in [9.17, 15) is 0 Å². The standard InChI is InChI=1S/C11H16N2S/c1-7-6-12-11(14-7)13-10-5-4-9(10)8-2-3-8/h6,8-10H,2-5H2,1H3,(H,12,13). The van der Waals surface area contributed by atoms with Gasteiger partial charge in [-0.3, -0.25) is 0 Å². The van der Waals surface area contributed by atoms with Crippen LogP contribution in [0.1, 0.15) is 30.6 Å². The van der Waals surface area contributed by atoms with Gasteiger partial charge >= 0.3 is 0 Å². The van der Waals surface area contributed by atoms with Gasteiger partial charge in [-0.15, -0.1) is 11.3 Å². The number of aromatic nitrogens is 1. The van der Waals surface area contributed by atoms with Crippen LogP contribution in [0, 0.1) is 18.8 Å². The summed E-state index contributed by atoms with van der Waals surface area (Å²) in [6.07, 6.45) is 7.68. The number of nitrogens with zero attached hydrogens (tertiary/aromatic N) is 1. The molecular formula is C11H16N2S. The molecule has 0 spiro atoms. The number of hydrogen-bond donors (Lipinski definition) is 1. The van der Waals surface area contributed by atoms with E-state index in [-0.39, 0.29) is 0 Å². The zero-order valence-corrected chi connectivity index (χ0v) is 9.31. The summed E-state index contributed by atoms with van der Waals surface area (Å²) in [7, 11) is 0. The van der Waals surface area contributed by atoms with E-state index in [1.54, 1.807) is 11.3 Å². The first-order chi connectivity index (χ1) is 6.83. The molecule has 1 heterocycles.